The molecule has 0 fully saturated rings. The van der Waals surface area contributed by atoms with Crippen LogP contribution in [0.25, 0.3) is 0 Å². The lowest BCUT2D eigenvalue weighted by Crippen LogP contribution is -2.05. The maximum absolute atomic E-state index is 8.40. The zero-order valence-electron chi connectivity index (χ0n) is 6.21. The fourth-order valence-electron chi connectivity index (χ4n) is 0.512. The number of aliphatic hydroxyl groups excluding tert-OH is 1. The lowest BCUT2D eigenvalue weighted by atomic mass is 10.3. The third-order valence-electron chi connectivity index (χ3n) is 0.955. The molecule has 0 unspecified atom stereocenters. The maximum atomic E-state index is 8.40. The average Bonchev–Trinajstić information content (AvgIpc) is 1.79. The highest BCUT2D eigenvalue weighted by atomic mass is 16.5. The molecule has 60 valence electrons. The second kappa shape index (κ2) is 5.26. The van der Waals surface area contributed by atoms with E-state index in [0.29, 0.717) is 25.2 Å². The first-order chi connectivity index (χ1) is 4.63. The van der Waals surface area contributed by atoms with Crippen molar-refractivity contribution >= 4 is 0 Å². The molecule has 0 atom stereocenters. The lowest BCUT2D eigenvalue weighted by molar-refractivity contribution is -0.0490. The Hall–Kier alpha value is -0.540. The maximum Gasteiger partial charge on any atom is 0.151 e. The van der Waals surface area contributed by atoms with Crippen molar-refractivity contribution in [1.82, 2.24) is 0 Å². The third kappa shape index (κ3) is 7.46. The van der Waals surface area contributed by atoms with E-state index in [9.17, 15) is 0 Å². The van der Waals surface area contributed by atoms with Crippen molar-refractivity contribution in [3.63, 3.8) is 0 Å². The van der Waals surface area contributed by atoms with Crippen molar-refractivity contribution in [3.8, 4) is 0 Å². The van der Waals surface area contributed by atoms with Gasteiger partial charge in [0.25, 0.3) is 0 Å². The number of aliphatic hydroxyl groups is 2. The first-order valence-corrected chi connectivity index (χ1v) is 3.27. The molecule has 0 saturated heterocycles. The SMILES string of the molecule is C=C(C)OCCCC(O)O. The Balaban J connectivity index is 2.98. The van der Waals surface area contributed by atoms with Gasteiger partial charge in [0.15, 0.2) is 6.29 Å². The lowest BCUT2D eigenvalue weighted by Gasteiger charge is -2.04. The molecule has 0 radical (unpaired) electrons. The van der Waals surface area contributed by atoms with Crippen LogP contribution in [-0.2, 0) is 4.74 Å². The molecule has 0 spiro atoms. The number of hydrogen-bond acceptors (Lipinski definition) is 3. The van der Waals surface area contributed by atoms with Crippen LogP contribution in [0.15, 0.2) is 12.3 Å². The van der Waals surface area contributed by atoms with Crippen LogP contribution in [0.4, 0.5) is 0 Å². The predicted molar refractivity (Wildman–Crippen MR) is 38.2 cm³/mol. The minimum atomic E-state index is -1.21. The molecule has 0 aliphatic heterocycles. The molecule has 0 heterocycles. The van der Waals surface area contributed by atoms with Crippen LogP contribution in [0.2, 0.25) is 0 Å². The summed E-state index contributed by atoms with van der Waals surface area (Å²) in [7, 11) is 0. The average molecular weight is 146 g/mol. The molecule has 0 aliphatic rings. The van der Waals surface area contributed by atoms with Crippen LogP contribution in [0.1, 0.15) is 19.8 Å². The first kappa shape index (κ1) is 9.46. The molecule has 2 N–H and O–H groups in total. The van der Waals surface area contributed by atoms with Gasteiger partial charge in [-0.2, -0.15) is 0 Å². The molecular weight excluding hydrogens is 132 g/mol. The van der Waals surface area contributed by atoms with Gasteiger partial charge in [0, 0.05) is 6.42 Å². The quantitative estimate of drug-likeness (QED) is 0.340. The molecule has 0 rings (SSSR count). The molecule has 0 bridgehead atoms. The summed E-state index contributed by atoms with van der Waals surface area (Å²) in [5, 5.41) is 16.8. The van der Waals surface area contributed by atoms with Crippen LogP contribution in [-0.4, -0.2) is 23.1 Å². The number of rotatable bonds is 5. The summed E-state index contributed by atoms with van der Waals surface area (Å²) < 4.78 is 4.98. The van der Waals surface area contributed by atoms with Gasteiger partial charge >= 0.3 is 0 Å². The zero-order chi connectivity index (χ0) is 7.98. The number of allylic oxidation sites excluding steroid dienone is 1. The molecule has 0 aliphatic carbocycles. The second-order valence-corrected chi connectivity index (χ2v) is 2.17. The summed E-state index contributed by atoms with van der Waals surface area (Å²) >= 11 is 0. The Morgan fingerprint density at radius 3 is 2.60 bits per heavy atom. The fourth-order valence-corrected chi connectivity index (χ4v) is 0.512. The Bertz CT molecular complexity index is 99.0. The number of hydrogen-bond donors (Lipinski definition) is 2. The Labute approximate surface area is 60.9 Å². The van der Waals surface area contributed by atoms with Gasteiger partial charge in [-0.15, -0.1) is 0 Å². The Morgan fingerprint density at radius 1 is 1.60 bits per heavy atom. The van der Waals surface area contributed by atoms with E-state index in [1.165, 1.54) is 0 Å². The molecule has 0 aromatic heterocycles. The van der Waals surface area contributed by atoms with E-state index in [1.807, 2.05) is 0 Å². The van der Waals surface area contributed by atoms with Gasteiger partial charge in [-0.05, 0) is 13.3 Å². The van der Waals surface area contributed by atoms with E-state index < -0.39 is 6.29 Å². The molecule has 0 aromatic rings. The monoisotopic (exact) mass is 146 g/mol. The van der Waals surface area contributed by atoms with Gasteiger partial charge in [0.2, 0.25) is 0 Å². The largest absolute Gasteiger partial charge is 0.499 e. The summed E-state index contributed by atoms with van der Waals surface area (Å²) in [4.78, 5) is 0. The second-order valence-electron chi connectivity index (χ2n) is 2.17. The van der Waals surface area contributed by atoms with Gasteiger partial charge in [-0.3, -0.25) is 0 Å². The van der Waals surface area contributed by atoms with Crippen LogP contribution in [0.3, 0.4) is 0 Å². The normalized spacial score (nSPS) is 10.0. The van der Waals surface area contributed by atoms with E-state index in [0.717, 1.165) is 0 Å². The van der Waals surface area contributed by atoms with E-state index in [4.69, 9.17) is 14.9 Å². The standard InChI is InChI=1S/C7H14O3/c1-6(2)10-5-3-4-7(8)9/h7-9H,1,3-5H2,2H3. The zero-order valence-corrected chi connectivity index (χ0v) is 6.21. The summed E-state index contributed by atoms with van der Waals surface area (Å²) in [6, 6.07) is 0. The molecule has 10 heavy (non-hydrogen) atoms. The topological polar surface area (TPSA) is 49.7 Å². The van der Waals surface area contributed by atoms with Crippen LogP contribution in [0.5, 0.6) is 0 Å². The highest BCUT2D eigenvalue weighted by Gasteiger charge is 1.95. The van der Waals surface area contributed by atoms with Crippen molar-refractivity contribution in [2.45, 2.75) is 26.1 Å². The highest BCUT2D eigenvalue weighted by Crippen LogP contribution is 1.97. The Kier molecular flexibility index (Phi) is 4.98. The predicted octanol–water partition coefficient (Wildman–Crippen LogP) is 0.627. The molecule has 3 nitrogen and oxygen atoms in total. The summed E-state index contributed by atoms with van der Waals surface area (Å²) in [6.45, 7) is 5.79. The molecule has 0 amide bonds. The van der Waals surface area contributed by atoms with E-state index in [-0.39, 0.29) is 0 Å². The minimum Gasteiger partial charge on any atom is -0.499 e. The van der Waals surface area contributed by atoms with E-state index in [2.05, 4.69) is 6.58 Å². The summed E-state index contributed by atoms with van der Waals surface area (Å²) in [6.07, 6.45) is -0.216. The van der Waals surface area contributed by atoms with Crippen LogP contribution >= 0.6 is 0 Å². The minimum absolute atomic E-state index is 0.354. The van der Waals surface area contributed by atoms with Crippen molar-refractivity contribution in [1.29, 1.82) is 0 Å². The van der Waals surface area contributed by atoms with Gasteiger partial charge in [-0.1, -0.05) is 6.58 Å². The first-order valence-electron chi connectivity index (χ1n) is 3.27. The molecule has 0 aromatic carbocycles. The van der Waals surface area contributed by atoms with Crippen molar-refractivity contribution in [2.24, 2.45) is 0 Å². The summed E-state index contributed by atoms with van der Waals surface area (Å²) in [5.74, 6) is 0.660. The molecule has 0 saturated carbocycles. The smallest absolute Gasteiger partial charge is 0.151 e. The molecule has 3 heteroatoms. The van der Waals surface area contributed by atoms with Crippen molar-refractivity contribution < 1.29 is 14.9 Å². The fraction of sp³-hybridized carbons (Fsp3) is 0.714. The van der Waals surface area contributed by atoms with Gasteiger partial charge < -0.3 is 14.9 Å². The number of ether oxygens (including phenoxy) is 1. The summed E-state index contributed by atoms with van der Waals surface area (Å²) in [5.41, 5.74) is 0. The highest BCUT2D eigenvalue weighted by molar-refractivity contribution is 4.73. The van der Waals surface area contributed by atoms with E-state index >= 15 is 0 Å². The van der Waals surface area contributed by atoms with E-state index in [1.54, 1.807) is 6.92 Å². The van der Waals surface area contributed by atoms with Crippen LogP contribution in [0, 0.1) is 0 Å². The van der Waals surface area contributed by atoms with Gasteiger partial charge in [0.05, 0.1) is 12.4 Å². The van der Waals surface area contributed by atoms with Gasteiger partial charge in [0.1, 0.15) is 0 Å². The van der Waals surface area contributed by atoms with Crippen LogP contribution < -0.4 is 0 Å². The van der Waals surface area contributed by atoms with Gasteiger partial charge in [-0.25, -0.2) is 0 Å². The van der Waals surface area contributed by atoms with Crippen molar-refractivity contribution in [2.75, 3.05) is 6.61 Å². The van der Waals surface area contributed by atoms with Crippen molar-refractivity contribution in [3.05, 3.63) is 12.3 Å². The third-order valence-corrected chi connectivity index (χ3v) is 0.955. The Morgan fingerprint density at radius 2 is 2.20 bits per heavy atom. The molecular formula is C7H14O3.